The van der Waals surface area contributed by atoms with Gasteiger partial charge in [0.1, 0.15) is 12.4 Å². The van der Waals surface area contributed by atoms with Gasteiger partial charge in [0.15, 0.2) is 0 Å². The molecule has 0 saturated carbocycles. The molecule has 0 saturated heterocycles. The number of aryl methyl sites for hydroxylation is 1. The van der Waals surface area contributed by atoms with Crippen molar-refractivity contribution in [3.63, 3.8) is 0 Å². The molecule has 0 radical (unpaired) electrons. The second kappa shape index (κ2) is 9.37. The average molecular weight is 294 g/mol. The average Bonchev–Trinajstić information content (AvgIpc) is 2.42. The van der Waals surface area contributed by atoms with E-state index in [0.717, 1.165) is 16.9 Å². The van der Waals surface area contributed by atoms with Crippen LogP contribution in [0.2, 0.25) is 0 Å². The second-order valence-corrected chi connectivity index (χ2v) is 5.11. The Kier molecular flexibility index (Phi) is 7.79. The summed E-state index contributed by atoms with van der Waals surface area (Å²) in [5, 5.41) is 2.86. The van der Waals surface area contributed by atoms with Crippen LogP contribution in [0.15, 0.2) is 18.2 Å². The highest BCUT2D eigenvalue weighted by Gasteiger charge is 2.08. The van der Waals surface area contributed by atoms with Crippen LogP contribution in [-0.4, -0.2) is 31.8 Å². The summed E-state index contributed by atoms with van der Waals surface area (Å²) in [4.78, 5) is 11.7. The normalized spacial score (nSPS) is 12.0. The molecule has 0 bridgehead atoms. The lowest BCUT2D eigenvalue weighted by atomic mass is 10.1. The van der Waals surface area contributed by atoms with E-state index in [1.807, 2.05) is 39.0 Å². The molecule has 0 aliphatic carbocycles. The van der Waals surface area contributed by atoms with E-state index in [1.54, 1.807) is 0 Å². The number of benzene rings is 1. The highest BCUT2D eigenvalue weighted by molar-refractivity contribution is 5.76. The standard InChI is InChI=1S/C16H26N2O3/c1-4-20-7-8-21-15-9-12(2)5-6-14(15)11-18-16(19)10-13(3)17/h5-6,9,13H,4,7-8,10-11,17H2,1-3H3,(H,18,19). The van der Waals surface area contributed by atoms with Gasteiger partial charge in [-0.25, -0.2) is 0 Å². The number of hydrogen-bond donors (Lipinski definition) is 2. The maximum atomic E-state index is 11.7. The first kappa shape index (κ1) is 17.5. The Labute approximate surface area is 126 Å². The highest BCUT2D eigenvalue weighted by Crippen LogP contribution is 2.20. The molecule has 0 heterocycles. The van der Waals surface area contributed by atoms with Gasteiger partial charge in [-0.05, 0) is 32.4 Å². The number of rotatable bonds is 9. The van der Waals surface area contributed by atoms with Gasteiger partial charge in [-0.15, -0.1) is 0 Å². The number of amides is 1. The van der Waals surface area contributed by atoms with Crippen molar-refractivity contribution in [1.82, 2.24) is 5.32 Å². The number of nitrogens with two attached hydrogens (primary N) is 1. The maximum Gasteiger partial charge on any atom is 0.221 e. The number of ether oxygens (including phenoxy) is 2. The first-order valence-corrected chi connectivity index (χ1v) is 7.35. The van der Waals surface area contributed by atoms with Gasteiger partial charge in [0.05, 0.1) is 6.61 Å². The second-order valence-electron chi connectivity index (χ2n) is 5.11. The first-order chi connectivity index (χ1) is 10.0. The van der Waals surface area contributed by atoms with E-state index in [-0.39, 0.29) is 11.9 Å². The molecular weight excluding hydrogens is 268 g/mol. The van der Waals surface area contributed by atoms with Gasteiger partial charge < -0.3 is 20.5 Å². The zero-order valence-corrected chi connectivity index (χ0v) is 13.1. The van der Waals surface area contributed by atoms with Crippen molar-refractivity contribution >= 4 is 5.91 Å². The lowest BCUT2D eigenvalue weighted by Gasteiger charge is -2.13. The van der Waals surface area contributed by atoms with Crippen LogP contribution in [0.5, 0.6) is 5.75 Å². The molecule has 0 aliphatic heterocycles. The van der Waals surface area contributed by atoms with Gasteiger partial charge in [-0.3, -0.25) is 4.79 Å². The topological polar surface area (TPSA) is 73.6 Å². The number of nitrogens with one attached hydrogen (secondary N) is 1. The van der Waals surface area contributed by atoms with E-state index in [1.165, 1.54) is 0 Å². The van der Waals surface area contributed by atoms with Crippen molar-refractivity contribution in [2.45, 2.75) is 39.8 Å². The molecule has 3 N–H and O–H groups in total. The van der Waals surface area contributed by atoms with E-state index in [0.29, 0.717) is 32.8 Å². The quantitative estimate of drug-likeness (QED) is 0.681. The SMILES string of the molecule is CCOCCOc1cc(C)ccc1CNC(=O)CC(C)N. The lowest BCUT2D eigenvalue weighted by molar-refractivity contribution is -0.121. The minimum absolute atomic E-state index is 0.0501. The van der Waals surface area contributed by atoms with Crippen molar-refractivity contribution in [2.75, 3.05) is 19.8 Å². The summed E-state index contributed by atoms with van der Waals surface area (Å²) in [6.45, 7) is 7.94. The third-order valence-electron chi connectivity index (χ3n) is 2.90. The van der Waals surface area contributed by atoms with Crippen molar-refractivity contribution in [3.05, 3.63) is 29.3 Å². The van der Waals surface area contributed by atoms with E-state index < -0.39 is 0 Å². The summed E-state index contributed by atoms with van der Waals surface area (Å²) in [6.07, 6.45) is 0.326. The van der Waals surface area contributed by atoms with Crippen LogP contribution in [-0.2, 0) is 16.1 Å². The van der Waals surface area contributed by atoms with Gasteiger partial charge in [0.2, 0.25) is 5.91 Å². The van der Waals surface area contributed by atoms with Crippen molar-refractivity contribution < 1.29 is 14.3 Å². The molecule has 21 heavy (non-hydrogen) atoms. The molecule has 0 aliphatic rings. The monoisotopic (exact) mass is 294 g/mol. The van der Waals surface area contributed by atoms with Crippen LogP contribution < -0.4 is 15.8 Å². The zero-order valence-electron chi connectivity index (χ0n) is 13.1. The molecule has 1 aromatic carbocycles. The molecule has 0 spiro atoms. The van der Waals surface area contributed by atoms with Crippen molar-refractivity contribution in [3.8, 4) is 5.75 Å². The predicted molar refractivity (Wildman–Crippen MR) is 83.3 cm³/mol. The fourth-order valence-corrected chi connectivity index (χ4v) is 1.86. The predicted octanol–water partition coefficient (Wildman–Crippen LogP) is 1.76. The summed E-state index contributed by atoms with van der Waals surface area (Å²) < 4.78 is 11.0. The molecule has 0 fully saturated rings. The Hall–Kier alpha value is -1.59. The molecule has 5 heteroatoms. The number of carbonyl (C=O) groups is 1. The van der Waals surface area contributed by atoms with E-state index in [9.17, 15) is 4.79 Å². The zero-order chi connectivity index (χ0) is 15.7. The van der Waals surface area contributed by atoms with Crippen LogP contribution >= 0.6 is 0 Å². The van der Waals surface area contributed by atoms with Crippen LogP contribution in [0.3, 0.4) is 0 Å². The van der Waals surface area contributed by atoms with Crippen LogP contribution in [0, 0.1) is 6.92 Å². The smallest absolute Gasteiger partial charge is 0.221 e. The fraction of sp³-hybridized carbons (Fsp3) is 0.562. The third kappa shape index (κ3) is 7.11. The Morgan fingerprint density at radius 2 is 2.14 bits per heavy atom. The maximum absolute atomic E-state index is 11.7. The molecule has 5 nitrogen and oxygen atoms in total. The summed E-state index contributed by atoms with van der Waals surface area (Å²) in [5.74, 6) is 0.738. The van der Waals surface area contributed by atoms with Gasteiger partial charge in [-0.1, -0.05) is 12.1 Å². The van der Waals surface area contributed by atoms with Crippen LogP contribution in [0.25, 0.3) is 0 Å². The summed E-state index contributed by atoms with van der Waals surface area (Å²) in [6, 6.07) is 5.81. The Bertz CT molecular complexity index is 447. The molecule has 1 aromatic rings. The largest absolute Gasteiger partial charge is 0.491 e. The van der Waals surface area contributed by atoms with Gasteiger partial charge in [0.25, 0.3) is 0 Å². The van der Waals surface area contributed by atoms with Gasteiger partial charge >= 0.3 is 0 Å². The Morgan fingerprint density at radius 1 is 1.38 bits per heavy atom. The molecule has 1 amide bonds. The van der Waals surface area contributed by atoms with Crippen molar-refractivity contribution in [2.24, 2.45) is 5.73 Å². The Balaban J connectivity index is 2.57. The third-order valence-corrected chi connectivity index (χ3v) is 2.90. The summed E-state index contributed by atoms with van der Waals surface area (Å²) in [5.41, 5.74) is 7.68. The number of hydrogen-bond acceptors (Lipinski definition) is 4. The minimum Gasteiger partial charge on any atom is -0.491 e. The molecular formula is C16H26N2O3. The minimum atomic E-state index is -0.134. The van der Waals surface area contributed by atoms with Gasteiger partial charge in [-0.2, -0.15) is 0 Å². The van der Waals surface area contributed by atoms with Gasteiger partial charge in [0, 0.05) is 31.2 Å². The lowest BCUT2D eigenvalue weighted by Crippen LogP contribution is -2.29. The van der Waals surface area contributed by atoms with Crippen LogP contribution in [0.1, 0.15) is 31.4 Å². The summed E-state index contributed by atoms with van der Waals surface area (Å²) in [7, 11) is 0. The highest BCUT2D eigenvalue weighted by atomic mass is 16.5. The molecule has 1 rings (SSSR count). The van der Waals surface area contributed by atoms with E-state index in [2.05, 4.69) is 5.32 Å². The Morgan fingerprint density at radius 3 is 2.81 bits per heavy atom. The van der Waals surface area contributed by atoms with Crippen LogP contribution in [0.4, 0.5) is 0 Å². The molecule has 1 atom stereocenters. The van der Waals surface area contributed by atoms with E-state index in [4.69, 9.17) is 15.2 Å². The summed E-state index contributed by atoms with van der Waals surface area (Å²) >= 11 is 0. The molecule has 0 aromatic heterocycles. The van der Waals surface area contributed by atoms with E-state index >= 15 is 0 Å². The first-order valence-electron chi connectivity index (χ1n) is 7.35. The number of carbonyl (C=O) groups excluding carboxylic acids is 1. The fourth-order valence-electron chi connectivity index (χ4n) is 1.86. The van der Waals surface area contributed by atoms with Crippen molar-refractivity contribution in [1.29, 1.82) is 0 Å². The molecule has 1 unspecified atom stereocenters. The molecule has 118 valence electrons.